The molecule has 0 saturated heterocycles. The van der Waals surface area contributed by atoms with Crippen LogP contribution in [0.25, 0.3) is 0 Å². The first-order chi connectivity index (χ1) is 6.98. The first-order valence-corrected chi connectivity index (χ1v) is 6.26. The maximum atomic E-state index is 5.53. The fraction of sp³-hybridized carbons (Fsp3) is 1.00. The van der Waals surface area contributed by atoms with E-state index < -0.39 is 0 Å². The average molecular weight is 215 g/mol. The third-order valence-corrected chi connectivity index (χ3v) is 2.82. The van der Waals surface area contributed by atoms with Gasteiger partial charge in [-0.3, -0.25) is 0 Å². The van der Waals surface area contributed by atoms with Crippen LogP contribution in [-0.2, 0) is 4.74 Å². The minimum atomic E-state index is 0.415. The summed E-state index contributed by atoms with van der Waals surface area (Å²) in [5.41, 5.74) is 0.415. The Morgan fingerprint density at radius 1 is 1.20 bits per heavy atom. The van der Waals surface area contributed by atoms with E-state index in [2.05, 4.69) is 39.9 Å². The van der Waals surface area contributed by atoms with Gasteiger partial charge >= 0.3 is 0 Å². The molecule has 0 aromatic rings. The number of nitrogens with one attached hydrogen (secondary N) is 1. The molecule has 0 fully saturated rings. The van der Waals surface area contributed by atoms with E-state index in [4.69, 9.17) is 4.74 Å². The molecule has 0 aliphatic carbocycles. The Hall–Kier alpha value is -0.0800. The molecule has 92 valence electrons. The molecule has 15 heavy (non-hydrogen) atoms. The third kappa shape index (κ3) is 10.2. The second-order valence-electron chi connectivity index (χ2n) is 5.49. The number of ether oxygens (including phenoxy) is 1. The van der Waals surface area contributed by atoms with Crippen molar-refractivity contribution < 1.29 is 4.74 Å². The van der Waals surface area contributed by atoms with Crippen molar-refractivity contribution in [1.29, 1.82) is 0 Å². The predicted octanol–water partition coefficient (Wildman–Crippen LogP) is 3.07. The topological polar surface area (TPSA) is 21.3 Å². The van der Waals surface area contributed by atoms with Crippen LogP contribution in [0, 0.1) is 11.3 Å². The molecule has 0 aliphatic rings. The highest BCUT2D eigenvalue weighted by Crippen LogP contribution is 2.17. The highest BCUT2D eigenvalue weighted by atomic mass is 16.5. The molecule has 0 amide bonds. The summed E-state index contributed by atoms with van der Waals surface area (Å²) in [6.45, 7) is 15.1. The van der Waals surface area contributed by atoms with Crippen LogP contribution in [0.15, 0.2) is 0 Å². The van der Waals surface area contributed by atoms with Crippen molar-refractivity contribution in [3.63, 3.8) is 0 Å². The molecular formula is C13H29NO. The molecule has 0 aliphatic heterocycles. The Labute approximate surface area is 95.8 Å². The van der Waals surface area contributed by atoms with Gasteiger partial charge in [0.2, 0.25) is 0 Å². The van der Waals surface area contributed by atoms with Crippen molar-refractivity contribution in [2.45, 2.75) is 47.5 Å². The summed E-state index contributed by atoms with van der Waals surface area (Å²) >= 11 is 0. The number of hydrogen-bond acceptors (Lipinski definition) is 2. The molecule has 0 aromatic heterocycles. The second-order valence-corrected chi connectivity index (χ2v) is 5.49. The molecule has 0 atom stereocenters. The van der Waals surface area contributed by atoms with Crippen LogP contribution in [0.5, 0.6) is 0 Å². The fourth-order valence-corrected chi connectivity index (χ4v) is 1.12. The third-order valence-electron chi connectivity index (χ3n) is 2.82. The van der Waals surface area contributed by atoms with Gasteiger partial charge in [0.05, 0.1) is 6.61 Å². The lowest BCUT2D eigenvalue weighted by atomic mass is 9.90. The summed E-state index contributed by atoms with van der Waals surface area (Å²) in [5, 5.41) is 3.44. The van der Waals surface area contributed by atoms with Gasteiger partial charge in [-0.2, -0.15) is 0 Å². The highest BCUT2D eigenvalue weighted by Gasteiger charge is 2.13. The Morgan fingerprint density at radius 3 is 2.40 bits per heavy atom. The largest absolute Gasteiger partial charge is 0.380 e. The lowest BCUT2D eigenvalue weighted by Gasteiger charge is -2.22. The van der Waals surface area contributed by atoms with Crippen molar-refractivity contribution in [2.75, 3.05) is 26.3 Å². The van der Waals surface area contributed by atoms with E-state index in [0.29, 0.717) is 5.41 Å². The van der Waals surface area contributed by atoms with E-state index in [1.807, 2.05) is 0 Å². The molecule has 0 saturated carbocycles. The van der Waals surface area contributed by atoms with Crippen LogP contribution in [0.4, 0.5) is 0 Å². The second kappa shape index (κ2) is 8.12. The molecule has 0 spiro atoms. The SMILES string of the molecule is CCC(C)(C)CNCCOCCC(C)C. The monoisotopic (exact) mass is 215 g/mol. The summed E-state index contributed by atoms with van der Waals surface area (Å²) < 4.78 is 5.53. The Bertz CT molecular complexity index is 143. The number of rotatable bonds is 9. The Kier molecular flexibility index (Phi) is 8.07. The molecule has 0 radical (unpaired) electrons. The van der Waals surface area contributed by atoms with Crippen LogP contribution < -0.4 is 5.32 Å². The zero-order chi connectivity index (χ0) is 11.7. The average Bonchev–Trinajstić information content (AvgIpc) is 2.16. The molecule has 0 heterocycles. The van der Waals surface area contributed by atoms with Gasteiger partial charge in [-0.15, -0.1) is 0 Å². The van der Waals surface area contributed by atoms with Gasteiger partial charge in [-0.25, -0.2) is 0 Å². The first kappa shape index (κ1) is 14.9. The Morgan fingerprint density at radius 2 is 1.87 bits per heavy atom. The van der Waals surface area contributed by atoms with E-state index in [1.165, 1.54) is 12.8 Å². The lowest BCUT2D eigenvalue weighted by Crippen LogP contribution is -2.31. The van der Waals surface area contributed by atoms with Gasteiger partial charge in [0, 0.05) is 19.7 Å². The van der Waals surface area contributed by atoms with Crippen LogP contribution in [0.1, 0.15) is 47.5 Å². The Balaban J connectivity index is 3.18. The van der Waals surface area contributed by atoms with Gasteiger partial charge in [0.1, 0.15) is 0 Å². The normalized spacial score (nSPS) is 12.4. The van der Waals surface area contributed by atoms with E-state index >= 15 is 0 Å². The molecule has 1 N–H and O–H groups in total. The van der Waals surface area contributed by atoms with E-state index in [0.717, 1.165) is 32.2 Å². The summed E-state index contributed by atoms with van der Waals surface area (Å²) in [6.07, 6.45) is 2.38. The molecule has 0 rings (SSSR count). The molecule has 0 bridgehead atoms. The zero-order valence-electron chi connectivity index (χ0n) is 11.2. The van der Waals surface area contributed by atoms with Crippen LogP contribution in [-0.4, -0.2) is 26.3 Å². The molecule has 2 heteroatoms. The highest BCUT2D eigenvalue weighted by molar-refractivity contribution is 4.68. The van der Waals surface area contributed by atoms with Gasteiger partial charge in [0.25, 0.3) is 0 Å². The predicted molar refractivity (Wildman–Crippen MR) is 67.2 cm³/mol. The number of hydrogen-bond donors (Lipinski definition) is 1. The van der Waals surface area contributed by atoms with E-state index in [9.17, 15) is 0 Å². The minimum absolute atomic E-state index is 0.415. The minimum Gasteiger partial charge on any atom is -0.380 e. The van der Waals surface area contributed by atoms with Crippen molar-refractivity contribution >= 4 is 0 Å². The van der Waals surface area contributed by atoms with Crippen molar-refractivity contribution in [1.82, 2.24) is 5.32 Å². The van der Waals surface area contributed by atoms with Crippen molar-refractivity contribution in [2.24, 2.45) is 11.3 Å². The first-order valence-electron chi connectivity index (χ1n) is 6.26. The van der Waals surface area contributed by atoms with E-state index in [-0.39, 0.29) is 0 Å². The standard InChI is InChI=1S/C13H29NO/c1-6-13(4,5)11-14-8-10-15-9-7-12(2)3/h12,14H,6-11H2,1-5H3. The summed E-state index contributed by atoms with van der Waals surface area (Å²) in [4.78, 5) is 0. The fourth-order valence-electron chi connectivity index (χ4n) is 1.12. The van der Waals surface area contributed by atoms with Gasteiger partial charge in [-0.05, 0) is 24.2 Å². The molecule has 2 nitrogen and oxygen atoms in total. The summed E-state index contributed by atoms with van der Waals surface area (Å²) in [5.74, 6) is 0.747. The van der Waals surface area contributed by atoms with Crippen LogP contribution in [0.2, 0.25) is 0 Å². The van der Waals surface area contributed by atoms with E-state index in [1.54, 1.807) is 0 Å². The smallest absolute Gasteiger partial charge is 0.0590 e. The quantitative estimate of drug-likeness (QED) is 0.597. The zero-order valence-corrected chi connectivity index (χ0v) is 11.2. The van der Waals surface area contributed by atoms with Crippen LogP contribution in [0.3, 0.4) is 0 Å². The van der Waals surface area contributed by atoms with Gasteiger partial charge in [-0.1, -0.05) is 34.6 Å². The molecular weight excluding hydrogens is 186 g/mol. The van der Waals surface area contributed by atoms with Crippen LogP contribution >= 0.6 is 0 Å². The summed E-state index contributed by atoms with van der Waals surface area (Å²) in [7, 11) is 0. The van der Waals surface area contributed by atoms with Gasteiger partial charge < -0.3 is 10.1 Å². The van der Waals surface area contributed by atoms with Gasteiger partial charge in [0.15, 0.2) is 0 Å². The molecule has 0 unspecified atom stereocenters. The maximum absolute atomic E-state index is 5.53. The van der Waals surface area contributed by atoms with Crippen molar-refractivity contribution in [3.8, 4) is 0 Å². The van der Waals surface area contributed by atoms with Crippen molar-refractivity contribution in [3.05, 3.63) is 0 Å². The lowest BCUT2D eigenvalue weighted by molar-refractivity contribution is 0.123. The maximum Gasteiger partial charge on any atom is 0.0590 e. The molecule has 0 aromatic carbocycles. The summed E-state index contributed by atoms with van der Waals surface area (Å²) in [6, 6.07) is 0.